The Labute approximate surface area is 77.6 Å². The van der Waals surface area contributed by atoms with Crippen molar-refractivity contribution in [2.75, 3.05) is 0 Å². The van der Waals surface area contributed by atoms with E-state index in [0.717, 1.165) is 0 Å². The Balaban J connectivity index is 2.97. The highest BCUT2D eigenvalue weighted by Crippen LogP contribution is 2.16. The van der Waals surface area contributed by atoms with Crippen molar-refractivity contribution in [2.45, 2.75) is 0 Å². The second-order valence-corrected chi connectivity index (χ2v) is 2.71. The van der Waals surface area contributed by atoms with E-state index in [1.807, 2.05) is 0 Å². The molecule has 0 amide bonds. The summed E-state index contributed by atoms with van der Waals surface area (Å²) in [5.41, 5.74) is 0.0249. The Morgan fingerprint density at radius 2 is 2.08 bits per heavy atom. The van der Waals surface area contributed by atoms with Crippen LogP contribution in [0.5, 0.6) is 0 Å². The monoisotopic (exact) mass is 222 g/mol. The molecule has 1 rings (SSSR count). The molecule has 0 atom stereocenters. The van der Waals surface area contributed by atoms with Crippen LogP contribution in [0.3, 0.4) is 0 Å². The molecule has 0 saturated heterocycles. The van der Waals surface area contributed by atoms with Crippen LogP contribution in [0.2, 0.25) is 0 Å². The standard InChI is InChI=1S/C8H3BrN2O/c9-8-2-1-7(12-8)3-6(4-10)5-11/h1-3H. The SMILES string of the molecule is N#CC(C#N)=Cc1ccc(Br)o1. The van der Waals surface area contributed by atoms with Crippen LogP contribution in [0.4, 0.5) is 0 Å². The number of furan rings is 1. The van der Waals surface area contributed by atoms with Gasteiger partial charge < -0.3 is 4.42 Å². The molecule has 1 aromatic heterocycles. The lowest BCUT2D eigenvalue weighted by atomic mass is 10.3. The van der Waals surface area contributed by atoms with Crippen molar-refractivity contribution < 1.29 is 4.42 Å². The van der Waals surface area contributed by atoms with Crippen LogP contribution in [0.15, 0.2) is 26.8 Å². The Morgan fingerprint density at radius 1 is 1.42 bits per heavy atom. The topological polar surface area (TPSA) is 60.7 Å². The Morgan fingerprint density at radius 3 is 2.50 bits per heavy atom. The van der Waals surface area contributed by atoms with Gasteiger partial charge in [0.25, 0.3) is 0 Å². The second kappa shape index (κ2) is 3.75. The molecule has 1 aromatic rings. The van der Waals surface area contributed by atoms with E-state index in [-0.39, 0.29) is 5.57 Å². The van der Waals surface area contributed by atoms with Crippen LogP contribution in [-0.2, 0) is 0 Å². The van der Waals surface area contributed by atoms with Crippen LogP contribution in [0.25, 0.3) is 6.08 Å². The fourth-order valence-corrected chi connectivity index (χ4v) is 0.957. The average Bonchev–Trinajstić information content (AvgIpc) is 2.47. The zero-order chi connectivity index (χ0) is 8.97. The minimum absolute atomic E-state index is 0.0249. The van der Waals surface area contributed by atoms with Crippen molar-refractivity contribution in [3.63, 3.8) is 0 Å². The molecule has 3 nitrogen and oxygen atoms in total. The van der Waals surface area contributed by atoms with Crippen LogP contribution >= 0.6 is 15.9 Å². The van der Waals surface area contributed by atoms with Crippen molar-refractivity contribution in [2.24, 2.45) is 0 Å². The van der Waals surface area contributed by atoms with E-state index in [4.69, 9.17) is 14.9 Å². The third-order valence-electron chi connectivity index (χ3n) is 1.12. The molecule has 0 radical (unpaired) electrons. The number of allylic oxidation sites excluding steroid dienone is 1. The van der Waals surface area contributed by atoms with E-state index in [2.05, 4.69) is 15.9 Å². The highest BCUT2D eigenvalue weighted by molar-refractivity contribution is 9.10. The van der Waals surface area contributed by atoms with Gasteiger partial charge in [0.15, 0.2) is 4.67 Å². The van der Waals surface area contributed by atoms with E-state index in [1.54, 1.807) is 24.3 Å². The van der Waals surface area contributed by atoms with Gasteiger partial charge in [-0.15, -0.1) is 0 Å². The number of nitriles is 2. The summed E-state index contributed by atoms with van der Waals surface area (Å²) in [6.45, 7) is 0. The molecule has 0 aliphatic heterocycles. The van der Waals surface area contributed by atoms with Crippen molar-refractivity contribution in [1.29, 1.82) is 10.5 Å². The number of halogens is 1. The van der Waals surface area contributed by atoms with Crippen LogP contribution in [0.1, 0.15) is 5.76 Å². The molecule has 1 heterocycles. The maximum atomic E-state index is 8.40. The van der Waals surface area contributed by atoms with Gasteiger partial charge in [-0.3, -0.25) is 0 Å². The summed E-state index contributed by atoms with van der Waals surface area (Å²) in [6, 6.07) is 6.83. The molecule has 4 heteroatoms. The van der Waals surface area contributed by atoms with Gasteiger partial charge in [0.1, 0.15) is 23.5 Å². The molecule has 0 fully saturated rings. The van der Waals surface area contributed by atoms with Crippen LogP contribution in [0, 0.1) is 22.7 Å². The predicted molar refractivity (Wildman–Crippen MR) is 45.6 cm³/mol. The molecule has 0 unspecified atom stereocenters. The summed E-state index contributed by atoms with van der Waals surface area (Å²) in [5, 5.41) is 16.8. The number of hydrogen-bond donors (Lipinski definition) is 0. The van der Waals surface area contributed by atoms with Gasteiger partial charge in [0, 0.05) is 6.08 Å². The average molecular weight is 223 g/mol. The fraction of sp³-hybridized carbons (Fsp3) is 0. The van der Waals surface area contributed by atoms with Crippen molar-refractivity contribution in [3.8, 4) is 12.1 Å². The molecule has 0 aliphatic carbocycles. The molecule has 0 aliphatic rings. The van der Waals surface area contributed by atoms with E-state index in [0.29, 0.717) is 10.4 Å². The molecular formula is C8H3BrN2O. The molecule has 0 saturated carbocycles. The highest BCUT2D eigenvalue weighted by Gasteiger charge is 1.97. The first-order chi connectivity index (χ1) is 5.76. The molecule has 12 heavy (non-hydrogen) atoms. The van der Waals surface area contributed by atoms with Gasteiger partial charge in [-0.05, 0) is 28.1 Å². The summed E-state index contributed by atoms with van der Waals surface area (Å²) in [4.78, 5) is 0. The minimum Gasteiger partial charge on any atom is -0.450 e. The maximum Gasteiger partial charge on any atom is 0.169 e. The second-order valence-electron chi connectivity index (χ2n) is 1.92. The lowest BCUT2D eigenvalue weighted by Crippen LogP contribution is -1.70. The van der Waals surface area contributed by atoms with Crippen molar-refractivity contribution >= 4 is 22.0 Å². The fourth-order valence-electron chi connectivity index (χ4n) is 0.638. The summed E-state index contributed by atoms with van der Waals surface area (Å²) >= 11 is 3.10. The Bertz CT molecular complexity index is 376. The lowest BCUT2D eigenvalue weighted by molar-refractivity contribution is 0.531. The van der Waals surface area contributed by atoms with Gasteiger partial charge in [0.2, 0.25) is 0 Å². The van der Waals surface area contributed by atoms with Gasteiger partial charge in [-0.25, -0.2) is 0 Å². The number of hydrogen-bond acceptors (Lipinski definition) is 3. The van der Waals surface area contributed by atoms with Gasteiger partial charge in [-0.2, -0.15) is 10.5 Å². The molecule has 0 aromatic carbocycles. The lowest BCUT2D eigenvalue weighted by Gasteiger charge is -1.82. The molecular weight excluding hydrogens is 220 g/mol. The summed E-state index contributed by atoms with van der Waals surface area (Å²) in [7, 11) is 0. The zero-order valence-corrected chi connectivity index (χ0v) is 7.50. The first-order valence-electron chi connectivity index (χ1n) is 3.03. The third kappa shape index (κ3) is 1.98. The first-order valence-corrected chi connectivity index (χ1v) is 3.83. The molecule has 58 valence electrons. The molecule has 0 bridgehead atoms. The highest BCUT2D eigenvalue weighted by atomic mass is 79.9. The van der Waals surface area contributed by atoms with E-state index < -0.39 is 0 Å². The summed E-state index contributed by atoms with van der Waals surface area (Å²) in [6.07, 6.45) is 1.38. The third-order valence-corrected chi connectivity index (χ3v) is 1.55. The van der Waals surface area contributed by atoms with Gasteiger partial charge in [0.05, 0.1) is 0 Å². The summed E-state index contributed by atoms with van der Waals surface area (Å²) < 4.78 is 5.63. The molecule has 0 spiro atoms. The van der Waals surface area contributed by atoms with Gasteiger partial charge >= 0.3 is 0 Å². The minimum atomic E-state index is 0.0249. The largest absolute Gasteiger partial charge is 0.450 e. The normalized spacial score (nSPS) is 8.25. The van der Waals surface area contributed by atoms with E-state index in [9.17, 15) is 0 Å². The smallest absolute Gasteiger partial charge is 0.169 e. The van der Waals surface area contributed by atoms with Crippen LogP contribution < -0.4 is 0 Å². The van der Waals surface area contributed by atoms with Crippen molar-refractivity contribution in [3.05, 3.63) is 28.1 Å². The first kappa shape index (κ1) is 8.58. The quantitative estimate of drug-likeness (QED) is 0.687. The number of rotatable bonds is 1. The Hall–Kier alpha value is -1.52. The summed E-state index contributed by atoms with van der Waals surface area (Å²) in [5.74, 6) is 0.486. The molecule has 0 N–H and O–H groups in total. The van der Waals surface area contributed by atoms with Crippen LogP contribution in [-0.4, -0.2) is 0 Å². The number of nitrogens with zero attached hydrogens (tertiary/aromatic N) is 2. The van der Waals surface area contributed by atoms with E-state index in [1.165, 1.54) is 6.08 Å². The Kier molecular flexibility index (Phi) is 2.68. The van der Waals surface area contributed by atoms with E-state index >= 15 is 0 Å². The van der Waals surface area contributed by atoms with Gasteiger partial charge in [-0.1, -0.05) is 0 Å². The van der Waals surface area contributed by atoms with Crippen molar-refractivity contribution in [1.82, 2.24) is 0 Å². The predicted octanol–water partition coefficient (Wildman–Crippen LogP) is 2.47. The maximum absolute atomic E-state index is 8.40. The zero-order valence-electron chi connectivity index (χ0n) is 5.91.